The van der Waals surface area contributed by atoms with Gasteiger partial charge in [0.25, 0.3) is 0 Å². The van der Waals surface area contributed by atoms with Crippen LogP contribution >= 0.6 is 0 Å². The first kappa shape index (κ1) is 42.6. The molecule has 0 saturated carbocycles. The summed E-state index contributed by atoms with van der Waals surface area (Å²) in [5.41, 5.74) is -0.725. The number of carbonyl (C=O) groups is 3. The highest BCUT2D eigenvalue weighted by atomic mass is 16.6. The van der Waals surface area contributed by atoms with Gasteiger partial charge in [-0.15, -0.1) is 0 Å². The van der Waals surface area contributed by atoms with Crippen LogP contribution in [0.1, 0.15) is 74.1 Å². The Balaban J connectivity index is 1.77. The summed E-state index contributed by atoms with van der Waals surface area (Å²) < 4.78 is 34.5. The summed E-state index contributed by atoms with van der Waals surface area (Å²) in [6.45, 7) is 16.8. The smallest absolute Gasteiger partial charge is 0.407 e. The van der Waals surface area contributed by atoms with E-state index in [0.717, 1.165) is 25.1 Å². The van der Waals surface area contributed by atoms with Crippen molar-refractivity contribution in [2.75, 3.05) is 46.5 Å². The predicted molar refractivity (Wildman–Crippen MR) is 191 cm³/mol. The number of aliphatic hydroxyl groups excluding tert-OH is 1. The molecule has 2 fully saturated rings. The molecule has 13 heteroatoms. The molecule has 11 atom stereocenters. The molecule has 0 bridgehead atoms. The molecule has 0 aromatic rings. The average Bonchev–Trinajstić information content (AvgIpc) is 3.88. The van der Waals surface area contributed by atoms with Crippen LogP contribution in [-0.2, 0) is 38.0 Å². The summed E-state index contributed by atoms with van der Waals surface area (Å²) >= 11 is 0. The van der Waals surface area contributed by atoms with Gasteiger partial charge >= 0.3 is 18.0 Å². The number of epoxide rings is 1. The Morgan fingerprint density at radius 3 is 2.53 bits per heavy atom. The van der Waals surface area contributed by atoms with Gasteiger partial charge in [0.15, 0.2) is 0 Å². The second-order valence-corrected chi connectivity index (χ2v) is 14.5. The Kier molecular flexibility index (Phi) is 17.1. The van der Waals surface area contributed by atoms with Gasteiger partial charge in [0.1, 0.15) is 30.0 Å². The number of hydrogen-bond donors (Lipinski definition) is 3. The number of nitrogens with one attached hydrogen (secondary N) is 1. The number of allylic oxidation sites excluding steroid dienone is 2. The number of nitrogens with zero attached hydrogens (tertiary/aromatic N) is 1. The summed E-state index contributed by atoms with van der Waals surface area (Å²) in [6, 6.07) is 0. The van der Waals surface area contributed by atoms with E-state index in [2.05, 4.69) is 24.1 Å². The Morgan fingerprint density at radius 1 is 1.18 bits per heavy atom. The number of hydrogen-bond acceptors (Lipinski definition) is 12. The molecule has 0 aromatic heterocycles. The largest absolute Gasteiger partial charge is 0.457 e. The molecule has 3 aliphatic rings. The number of amides is 1. The van der Waals surface area contributed by atoms with Crippen molar-refractivity contribution in [2.24, 2.45) is 17.8 Å². The fourth-order valence-electron chi connectivity index (χ4n) is 6.78. The maximum absolute atomic E-state index is 13.0. The van der Waals surface area contributed by atoms with Crippen molar-refractivity contribution in [1.29, 1.82) is 0 Å². The van der Waals surface area contributed by atoms with Crippen LogP contribution in [0.3, 0.4) is 0 Å². The van der Waals surface area contributed by atoms with Crippen LogP contribution in [0.5, 0.6) is 0 Å². The quantitative estimate of drug-likeness (QED) is 0.0784. The molecule has 3 heterocycles. The molecule has 11 unspecified atom stereocenters. The topological polar surface area (TPSA) is 166 Å². The van der Waals surface area contributed by atoms with Crippen molar-refractivity contribution < 1.29 is 53.0 Å². The van der Waals surface area contributed by atoms with E-state index in [0.29, 0.717) is 26.3 Å². The summed E-state index contributed by atoms with van der Waals surface area (Å²) in [6.07, 6.45) is 5.65. The van der Waals surface area contributed by atoms with Gasteiger partial charge in [0.05, 0.1) is 37.9 Å². The average molecular weight is 723 g/mol. The first-order chi connectivity index (χ1) is 24.2. The number of morpholine rings is 1. The van der Waals surface area contributed by atoms with E-state index in [-0.39, 0.29) is 55.3 Å². The van der Waals surface area contributed by atoms with Crippen LogP contribution < -0.4 is 5.32 Å². The summed E-state index contributed by atoms with van der Waals surface area (Å²) in [5.74, 6) is -1.60. The van der Waals surface area contributed by atoms with E-state index < -0.39 is 48.0 Å². The Morgan fingerprint density at radius 2 is 1.88 bits per heavy atom. The minimum atomic E-state index is -1.45. The van der Waals surface area contributed by atoms with E-state index in [9.17, 15) is 24.6 Å². The second kappa shape index (κ2) is 20.4. The molecule has 0 aliphatic carbocycles. The lowest BCUT2D eigenvalue weighted by Crippen LogP contribution is -2.43. The molecule has 0 radical (unpaired) electrons. The van der Waals surface area contributed by atoms with E-state index >= 15 is 0 Å². The van der Waals surface area contributed by atoms with Crippen molar-refractivity contribution >= 4 is 18.0 Å². The Hall–Kier alpha value is -2.81. The maximum Gasteiger partial charge on any atom is 0.407 e. The Labute approximate surface area is 303 Å². The van der Waals surface area contributed by atoms with Crippen molar-refractivity contribution in [2.45, 2.75) is 122 Å². The SMILES string of the molecule is CCC(OC)C(C)C1OC1C(OC(=O)NCCN1CCOCC1)C(C)/C=C/C=C(\C)C1OC(=O)CC(O)CCC(C)(O)C(OC(C)=O)/C=C/C1C. The van der Waals surface area contributed by atoms with Crippen LogP contribution in [0.25, 0.3) is 0 Å². The van der Waals surface area contributed by atoms with E-state index in [1.807, 2.05) is 39.0 Å². The molecule has 290 valence electrons. The monoisotopic (exact) mass is 722 g/mol. The Bertz CT molecular complexity index is 1210. The molecule has 0 aromatic carbocycles. The molecular formula is C38H62N2O11. The molecule has 3 rings (SSSR count). The van der Waals surface area contributed by atoms with Crippen LogP contribution in [0, 0.1) is 17.8 Å². The number of alkyl carbamates (subject to hydrolysis) is 1. The molecule has 13 nitrogen and oxygen atoms in total. The minimum Gasteiger partial charge on any atom is -0.457 e. The summed E-state index contributed by atoms with van der Waals surface area (Å²) in [4.78, 5) is 39.9. The van der Waals surface area contributed by atoms with Gasteiger partial charge in [-0.2, -0.15) is 0 Å². The van der Waals surface area contributed by atoms with Gasteiger partial charge < -0.3 is 44.0 Å². The summed E-state index contributed by atoms with van der Waals surface area (Å²) in [7, 11) is 1.69. The predicted octanol–water partition coefficient (Wildman–Crippen LogP) is 3.71. The molecule has 0 spiro atoms. The number of esters is 2. The van der Waals surface area contributed by atoms with Gasteiger partial charge in [-0.05, 0) is 44.8 Å². The zero-order valence-electron chi connectivity index (χ0n) is 31.7. The normalized spacial score (nSPS) is 32.7. The number of aliphatic hydroxyl groups is 2. The second-order valence-electron chi connectivity index (χ2n) is 14.5. The van der Waals surface area contributed by atoms with Gasteiger partial charge in [0.2, 0.25) is 0 Å². The minimum absolute atomic E-state index is 0.0145. The van der Waals surface area contributed by atoms with E-state index in [1.54, 1.807) is 26.2 Å². The highest BCUT2D eigenvalue weighted by Gasteiger charge is 2.52. The summed E-state index contributed by atoms with van der Waals surface area (Å²) in [5, 5.41) is 24.5. The van der Waals surface area contributed by atoms with E-state index in [4.69, 9.17) is 28.4 Å². The molecule has 2 saturated heterocycles. The van der Waals surface area contributed by atoms with E-state index in [1.165, 1.54) is 6.92 Å². The van der Waals surface area contributed by atoms with Crippen molar-refractivity contribution in [1.82, 2.24) is 10.2 Å². The number of ether oxygens (including phenoxy) is 6. The molecule has 1 amide bonds. The lowest BCUT2D eigenvalue weighted by molar-refractivity contribution is -0.157. The third kappa shape index (κ3) is 13.6. The number of methoxy groups -OCH3 is 1. The molecule has 51 heavy (non-hydrogen) atoms. The van der Waals surface area contributed by atoms with Gasteiger partial charge in [-0.25, -0.2) is 4.79 Å². The number of carbonyl (C=O) groups excluding carboxylic acids is 3. The number of cyclic esters (lactones) is 1. The zero-order chi connectivity index (χ0) is 37.7. The third-order valence-electron chi connectivity index (χ3n) is 10.1. The third-order valence-corrected chi connectivity index (χ3v) is 10.1. The highest BCUT2D eigenvalue weighted by Crippen LogP contribution is 2.39. The molecular weight excluding hydrogens is 660 g/mol. The van der Waals surface area contributed by atoms with Crippen LogP contribution in [0.4, 0.5) is 4.79 Å². The van der Waals surface area contributed by atoms with Crippen molar-refractivity contribution in [3.8, 4) is 0 Å². The molecule has 3 aliphatic heterocycles. The van der Waals surface area contributed by atoms with Crippen molar-refractivity contribution in [3.63, 3.8) is 0 Å². The lowest BCUT2D eigenvalue weighted by atomic mass is 9.88. The maximum atomic E-state index is 13.0. The standard InChI is InChI=1S/C38H62N2O11/c1-9-30(46-8)27(5)35-36(50-35)34(51-37(44)39-17-18-40-19-21-47-22-20-40)25(3)12-10-11-24(2)33-26(4)13-14-31(48-28(6)41)38(7,45)16-15-29(42)23-32(43)49-33/h10-14,25-27,29-31,33-36,42,45H,9,15-23H2,1-8H3,(H,39,44)/b12-10+,14-13+,24-11+. The zero-order valence-corrected chi connectivity index (χ0v) is 31.7. The fraction of sp³-hybridized carbons (Fsp3) is 0.763. The first-order valence-electron chi connectivity index (χ1n) is 18.4. The molecule has 3 N–H and O–H groups in total. The van der Waals surface area contributed by atoms with Crippen LogP contribution in [0.2, 0.25) is 0 Å². The fourth-order valence-corrected chi connectivity index (χ4v) is 6.78. The van der Waals surface area contributed by atoms with Crippen LogP contribution in [-0.4, -0.2) is 128 Å². The highest BCUT2D eigenvalue weighted by molar-refractivity contribution is 5.70. The number of rotatable bonds is 14. The van der Waals surface area contributed by atoms with Crippen LogP contribution in [0.15, 0.2) is 36.0 Å². The van der Waals surface area contributed by atoms with Gasteiger partial charge in [0, 0.05) is 58.0 Å². The van der Waals surface area contributed by atoms with Crippen molar-refractivity contribution in [3.05, 3.63) is 36.0 Å². The van der Waals surface area contributed by atoms with Gasteiger partial charge in [-0.1, -0.05) is 52.0 Å². The van der Waals surface area contributed by atoms with Gasteiger partial charge in [-0.3, -0.25) is 14.5 Å². The lowest BCUT2D eigenvalue weighted by Gasteiger charge is -2.32. The first-order valence-corrected chi connectivity index (χ1v) is 18.4.